The third-order valence-electron chi connectivity index (χ3n) is 1.68. The lowest BCUT2D eigenvalue weighted by atomic mass is 10.2. The van der Waals surface area contributed by atoms with Crippen molar-refractivity contribution in [2.75, 3.05) is 6.54 Å². The van der Waals surface area contributed by atoms with E-state index in [4.69, 9.17) is 10.5 Å². The van der Waals surface area contributed by atoms with Crippen LogP contribution in [0.25, 0.3) is 6.08 Å². The zero-order chi connectivity index (χ0) is 10.4. The molecule has 1 aromatic carbocycles. The smallest absolute Gasteiger partial charge is 0.120 e. The Labute approximate surface area is 85.4 Å². The molecule has 0 fully saturated rings. The van der Waals surface area contributed by atoms with Gasteiger partial charge in [0.15, 0.2) is 0 Å². The highest BCUT2D eigenvalue weighted by atomic mass is 16.5. The van der Waals surface area contributed by atoms with Gasteiger partial charge in [-0.2, -0.15) is 0 Å². The van der Waals surface area contributed by atoms with Gasteiger partial charge in [0, 0.05) is 6.54 Å². The Bertz CT molecular complexity index is 305. The standard InChI is InChI=1S/C12H17NO/c1-10(2)14-12-7-3-5-11(9-12)6-4-8-13/h3-7,9-10H,8,13H2,1-2H3. The molecule has 2 N–H and O–H groups in total. The molecule has 0 bridgehead atoms. The van der Waals surface area contributed by atoms with E-state index in [9.17, 15) is 0 Å². The fourth-order valence-electron chi connectivity index (χ4n) is 1.17. The summed E-state index contributed by atoms with van der Waals surface area (Å²) in [5, 5.41) is 0. The van der Waals surface area contributed by atoms with Crippen molar-refractivity contribution in [1.29, 1.82) is 0 Å². The van der Waals surface area contributed by atoms with Gasteiger partial charge >= 0.3 is 0 Å². The zero-order valence-corrected chi connectivity index (χ0v) is 8.73. The molecule has 0 heterocycles. The molecule has 1 rings (SSSR count). The molecule has 14 heavy (non-hydrogen) atoms. The molecule has 0 aliphatic carbocycles. The Morgan fingerprint density at radius 1 is 1.43 bits per heavy atom. The second kappa shape index (κ2) is 5.45. The fraction of sp³-hybridized carbons (Fsp3) is 0.333. The van der Waals surface area contributed by atoms with Gasteiger partial charge in [-0.25, -0.2) is 0 Å². The Hall–Kier alpha value is -1.28. The van der Waals surface area contributed by atoms with Crippen molar-refractivity contribution in [2.24, 2.45) is 5.73 Å². The number of hydrogen-bond acceptors (Lipinski definition) is 2. The molecular formula is C12H17NO. The number of benzene rings is 1. The maximum Gasteiger partial charge on any atom is 0.120 e. The molecule has 76 valence electrons. The van der Waals surface area contributed by atoms with Crippen LogP contribution in [-0.4, -0.2) is 12.6 Å². The van der Waals surface area contributed by atoms with Gasteiger partial charge in [-0.1, -0.05) is 24.3 Å². The highest BCUT2D eigenvalue weighted by molar-refractivity contribution is 5.51. The molecule has 0 aliphatic heterocycles. The van der Waals surface area contributed by atoms with Crippen molar-refractivity contribution < 1.29 is 4.74 Å². The van der Waals surface area contributed by atoms with Crippen molar-refractivity contribution >= 4 is 6.08 Å². The van der Waals surface area contributed by atoms with Crippen LogP contribution in [0.4, 0.5) is 0 Å². The highest BCUT2D eigenvalue weighted by Gasteiger charge is 1.96. The van der Waals surface area contributed by atoms with Gasteiger partial charge in [-0.15, -0.1) is 0 Å². The van der Waals surface area contributed by atoms with Gasteiger partial charge in [0.05, 0.1) is 6.10 Å². The minimum absolute atomic E-state index is 0.212. The monoisotopic (exact) mass is 191 g/mol. The molecule has 2 nitrogen and oxygen atoms in total. The van der Waals surface area contributed by atoms with Crippen molar-refractivity contribution in [3.8, 4) is 5.75 Å². The topological polar surface area (TPSA) is 35.2 Å². The number of rotatable bonds is 4. The molecule has 0 atom stereocenters. The normalized spacial score (nSPS) is 11.1. The average molecular weight is 191 g/mol. The van der Waals surface area contributed by atoms with E-state index in [1.807, 2.05) is 50.3 Å². The summed E-state index contributed by atoms with van der Waals surface area (Å²) in [5.41, 5.74) is 6.50. The summed E-state index contributed by atoms with van der Waals surface area (Å²) in [4.78, 5) is 0. The molecule has 0 unspecified atom stereocenters. The molecule has 2 heteroatoms. The Balaban J connectivity index is 2.73. The van der Waals surface area contributed by atoms with E-state index in [1.54, 1.807) is 0 Å². The average Bonchev–Trinajstić information content (AvgIpc) is 2.14. The van der Waals surface area contributed by atoms with Gasteiger partial charge < -0.3 is 10.5 Å². The van der Waals surface area contributed by atoms with Crippen molar-refractivity contribution in [3.05, 3.63) is 35.9 Å². The molecular weight excluding hydrogens is 174 g/mol. The van der Waals surface area contributed by atoms with Crippen molar-refractivity contribution in [3.63, 3.8) is 0 Å². The molecule has 1 aromatic rings. The molecule has 0 amide bonds. The van der Waals surface area contributed by atoms with Crippen molar-refractivity contribution in [2.45, 2.75) is 20.0 Å². The van der Waals surface area contributed by atoms with E-state index < -0.39 is 0 Å². The number of nitrogens with two attached hydrogens (primary N) is 1. The molecule has 0 spiro atoms. The lowest BCUT2D eigenvalue weighted by Crippen LogP contribution is -2.05. The first-order valence-electron chi connectivity index (χ1n) is 4.85. The minimum Gasteiger partial charge on any atom is -0.491 e. The largest absolute Gasteiger partial charge is 0.491 e. The zero-order valence-electron chi connectivity index (χ0n) is 8.73. The second-order valence-corrected chi connectivity index (χ2v) is 3.38. The van der Waals surface area contributed by atoms with Gasteiger partial charge in [0.25, 0.3) is 0 Å². The lowest BCUT2D eigenvalue weighted by molar-refractivity contribution is 0.242. The summed E-state index contributed by atoms with van der Waals surface area (Å²) >= 11 is 0. The number of hydrogen-bond donors (Lipinski definition) is 1. The molecule has 0 aromatic heterocycles. The highest BCUT2D eigenvalue weighted by Crippen LogP contribution is 2.15. The fourth-order valence-corrected chi connectivity index (χ4v) is 1.17. The summed E-state index contributed by atoms with van der Waals surface area (Å²) in [6.45, 7) is 4.60. The van der Waals surface area contributed by atoms with Crippen LogP contribution in [0.1, 0.15) is 19.4 Å². The Morgan fingerprint density at radius 2 is 2.21 bits per heavy atom. The summed E-state index contributed by atoms with van der Waals surface area (Å²) in [5.74, 6) is 0.902. The molecule has 0 aliphatic rings. The van der Waals surface area contributed by atoms with E-state index in [0.29, 0.717) is 6.54 Å². The number of ether oxygens (including phenoxy) is 1. The van der Waals surface area contributed by atoms with Crippen LogP contribution >= 0.6 is 0 Å². The quantitative estimate of drug-likeness (QED) is 0.793. The molecule has 0 saturated carbocycles. The maximum atomic E-state index is 5.57. The van der Waals surface area contributed by atoms with Crippen LogP contribution in [0.15, 0.2) is 30.3 Å². The van der Waals surface area contributed by atoms with E-state index in [2.05, 4.69) is 0 Å². The van der Waals surface area contributed by atoms with Crippen LogP contribution in [0.2, 0.25) is 0 Å². The van der Waals surface area contributed by atoms with Gasteiger partial charge in [0.2, 0.25) is 0 Å². The molecule has 0 saturated heterocycles. The van der Waals surface area contributed by atoms with Gasteiger partial charge in [-0.3, -0.25) is 0 Å². The summed E-state index contributed by atoms with van der Waals surface area (Å²) in [6.07, 6.45) is 4.13. The Morgan fingerprint density at radius 3 is 2.86 bits per heavy atom. The summed E-state index contributed by atoms with van der Waals surface area (Å²) < 4.78 is 5.57. The first-order valence-corrected chi connectivity index (χ1v) is 4.85. The third-order valence-corrected chi connectivity index (χ3v) is 1.68. The minimum atomic E-state index is 0.212. The first kappa shape index (κ1) is 10.8. The second-order valence-electron chi connectivity index (χ2n) is 3.38. The summed E-state index contributed by atoms with van der Waals surface area (Å²) in [7, 11) is 0. The lowest BCUT2D eigenvalue weighted by Gasteiger charge is -2.09. The van der Waals surface area contributed by atoms with E-state index in [-0.39, 0.29) is 6.10 Å². The summed E-state index contributed by atoms with van der Waals surface area (Å²) in [6, 6.07) is 7.97. The van der Waals surface area contributed by atoms with E-state index >= 15 is 0 Å². The van der Waals surface area contributed by atoms with Crippen LogP contribution < -0.4 is 10.5 Å². The first-order chi connectivity index (χ1) is 6.72. The third kappa shape index (κ3) is 3.62. The van der Waals surface area contributed by atoms with Gasteiger partial charge in [-0.05, 0) is 31.5 Å². The van der Waals surface area contributed by atoms with Crippen LogP contribution in [0.5, 0.6) is 5.75 Å². The maximum absolute atomic E-state index is 5.57. The van der Waals surface area contributed by atoms with Crippen LogP contribution in [-0.2, 0) is 0 Å². The van der Waals surface area contributed by atoms with E-state index in [0.717, 1.165) is 11.3 Å². The predicted octanol–water partition coefficient (Wildman–Crippen LogP) is 2.45. The van der Waals surface area contributed by atoms with E-state index in [1.165, 1.54) is 0 Å². The molecule has 0 radical (unpaired) electrons. The van der Waals surface area contributed by atoms with Crippen molar-refractivity contribution in [1.82, 2.24) is 0 Å². The predicted molar refractivity (Wildman–Crippen MR) is 60.3 cm³/mol. The Kier molecular flexibility index (Phi) is 4.20. The van der Waals surface area contributed by atoms with Gasteiger partial charge in [0.1, 0.15) is 5.75 Å². The SMILES string of the molecule is CC(C)Oc1cccc(C=CCN)c1. The van der Waals surface area contributed by atoms with Crippen LogP contribution in [0.3, 0.4) is 0 Å². The van der Waals surface area contributed by atoms with Crippen LogP contribution in [0, 0.1) is 0 Å².